The normalized spacial score (nSPS) is 25.1. The molecular formula is C21H16N2O4. The number of esters is 1. The lowest BCUT2D eigenvalue weighted by molar-refractivity contribution is -0.140. The molecule has 2 aromatic carbocycles. The smallest absolute Gasteiger partial charge is 0.314 e. The molecule has 27 heavy (non-hydrogen) atoms. The van der Waals surface area contributed by atoms with Crippen molar-refractivity contribution >= 4 is 11.7 Å². The van der Waals surface area contributed by atoms with Gasteiger partial charge in [0.1, 0.15) is 23.3 Å². The molecule has 1 saturated heterocycles. The van der Waals surface area contributed by atoms with Gasteiger partial charge in [-0.1, -0.05) is 24.3 Å². The monoisotopic (exact) mass is 360 g/mol. The van der Waals surface area contributed by atoms with E-state index in [1.807, 2.05) is 53.4 Å². The first-order valence-electron chi connectivity index (χ1n) is 8.74. The Morgan fingerprint density at radius 1 is 1.19 bits per heavy atom. The van der Waals surface area contributed by atoms with Crippen LogP contribution in [-0.4, -0.2) is 19.7 Å². The fraction of sp³-hybridized carbons (Fsp3) is 0.238. The molecule has 6 heteroatoms. The van der Waals surface area contributed by atoms with Crippen LogP contribution in [0.2, 0.25) is 0 Å². The topological polar surface area (TPSA) is 71.8 Å². The molecule has 5 rings (SSSR count). The summed E-state index contributed by atoms with van der Waals surface area (Å²) in [5.74, 6) is 0.742. The van der Waals surface area contributed by atoms with Crippen molar-refractivity contribution < 1.29 is 19.0 Å². The average Bonchev–Trinajstić information content (AvgIpc) is 3.28. The molecule has 0 amide bonds. The van der Waals surface area contributed by atoms with Crippen molar-refractivity contribution in [2.75, 3.05) is 18.6 Å². The molecule has 3 aliphatic heterocycles. The molecular weight excluding hydrogens is 344 g/mol. The highest BCUT2D eigenvalue weighted by Gasteiger charge is 2.54. The third-order valence-corrected chi connectivity index (χ3v) is 5.45. The number of cyclic esters (lactones) is 1. The standard InChI is InChI=1S/C21H16N2O4/c1-25-13-8-6-12(7-9-13)19-15-11-26-21(24)18(15)14(10-22)20-23(19)16-4-2-3-5-17(16)27-20/h2-9,15,18-19H,11H2,1H3/t15-,18-,19-/m1/s1. The summed E-state index contributed by atoms with van der Waals surface area (Å²) < 4.78 is 16.6. The van der Waals surface area contributed by atoms with Gasteiger partial charge in [0, 0.05) is 5.92 Å². The Balaban J connectivity index is 1.72. The summed E-state index contributed by atoms with van der Waals surface area (Å²) in [5, 5.41) is 9.77. The number of ether oxygens (including phenoxy) is 3. The van der Waals surface area contributed by atoms with Crippen molar-refractivity contribution in [3.63, 3.8) is 0 Å². The van der Waals surface area contributed by atoms with Crippen LogP contribution < -0.4 is 14.4 Å². The molecule has 0 bridgehead atoms. The highest BCUT2D eigenvalue weighted by molar-refractivity contribution is 5.83. The number of carbonyl (C=O) groups is 1. The summed E-state index contributed by atoms with van der Waals surface area (Å²) in [4.78, 5) is 14.4. The van der Waals surface area contributed by atoms with Gasteiger partial charge in [0.15, 0.2) is 5.75 Å². The minimum atomic E-state index is -0.609. The molecule has 0 spiro atoms. The van der Waals surface area contributed by atoms with E-state index in [4.69, 9.17) is 14.2 Å². The summed E-state index contributed by atoms with van der Waals surface area (Å²) in [6.07, 6.45) is 0. The number of nitrogens with zero attached hydrogens (tertiary/aromatic N) is 2. The fourth-order valence-electron chi connectivity index (χ4n) is 4.25. The van der Waals surface area contributed by atoms with Crippen LogP contribution >= 0.6 is 0 Å². The van der Waals surface area contributed by atoms with E-state index in [1.165, 1.54) is 0 Å². The molecule has 0 radical (unpaired) electrons. The first-order valence-corrected chi connectivity index (χ1v) is 8.74. The number of carbonyl (C=O) groups excluding carboxylic acids is 1. The largest absolute Gasteiger partial charge is 0.497 e. The van der Waals surface area contributed by atoms with Crippen molar-refractivity contribution in [2.24, 2.45) is 11.8 Å². The number of hydrogen-bond donors (Lipinski definition) is 0. The van der Waals surface area contributed by atoms with Crippen LogP contribution in [0.15, 0.2) is 60.0 Å². The van der Waals surface area contributed by atoms with Crippen LogP contribution in [0.1, 0.15) is 11.6 Å². The SMILES string of the molecule is COc1ccc([C@@H]2[C@@H]3COC(=O)[C@@H]3C(C#N)=C3Oc4ccccc4N32)cc1. The Morgan fingerprint density at radius 2 is 1.96 bits per heavy atom. The van der Waals surface area contributed by atoms with Crippen LogP contribution in [0, 0.1) is 23.2 Å². The van der Waals surface area contributed by atoms with Crippen LogP contribution in [0.5, 0.6) is 11.5 Å². The number of hydrogen-bond acceptors (Lipinski definition) is 6. The van der Waals surface area contributed by atoms with Crippen LogP contribution in [0.25, 0.3) is 0 Å². The average molecular weight is 360 g/mol. The highest BCUT2D eigenvalue weighted by atomic mass is 16.5. The van der Waals surface area contributed by atoms with Gasteiger partial charge in [0.05, 0.1) is 25.4 Å². The van der Waals surface area contributed by atoms with Crippen molar-refractivity contribution in [2.45, 2.75) is 6.04 Å². The second-order valence-corrected chi connectivity index (χ2v) is 6.76. The second-order valence-electron chi connectivity index (χ2n) is 6.76. The highest BCUT2D eigenvalue weighted by Crippen LogP contribution is 2.54. The molecule has 3 heterocycles. The summed E-state index contributed by atoms with van der Waals surface area (Å²) >= 11 is 0. The minimum Gasteiger partial charge on any atom is -0.497 e. The fourth-order valence-corrected chi connectivity index (χ4v) is 4.25. The van der Waals surface area contributed by atoms with E-state index in [-0.39, 0.29) is 24.5 Å². The van der Waals surface area contributed by atoms with Crippen molar-refractivity contribution in [3.05, 3.63) is 65.6 Å². The van der Waals surface area contributed by atoms with Gasteiger partial charge < -0.3 is 19.1 Å². The van der Waals surface area contributed by atoms with Crippen molar-refractivity contribution in [1.29, 1.82) is 5.26 Å². The lowest BCUT2D eigenvalue weighted by Crippen LogP contribution is -2.42. The molecule has 6 nitrogen and oxygen atoms in total. The number of nitriles is 1. The Labute approximate surface area is 156 Å². The molecule has 3 aliphatic rings. The molecule has 134 valence electrons. The maximum Gasteiger partial charge on any atom is 0.314 e. The van der Waals surface area contributed by atoms with Gasteiger partial charge in [-0.15, -0.1) is 0 Å². The van der Waals surface area contributed by atoms with E-state index in [0.717, 1.165) is 17.0 Å². The Kier molecular flexibility index (Phi) is 3.37. The van der Waals surface area contributed by atoms with Gasteiger partial charge in [-0.3, -0.25) is 4.79 Å². The minimum absolute atomic E-state index is 0.168. The van der Waals surface area contributed by atoms with Crippen LogP contribution in [-0.2, 0) is 9.53 Å². The summed E-state index contributed by atoms with van der Waals surface area (Å²) in [7, 11) is 1.62. The van der Waals surface area contributed by atoms with Gasteiger partial charge in [0.2, 0.25) is 5.88 Å². The number of methoxy groups -OCH3 is 1. The van der Waals surface area contributed by atoms with E-state index in [9.17, 15) is 10.1 Å². The number of fused-ring (bicyclic) bond motifs is 4. The quantitative estimate of drug-likeness (QED) is 0.766. The Morgan fingerprint density at radius 3 is 2.70 bits per heavy atom. The number of rotatable bonds is 2. The first kappa shape index (κ1) is 15.8. The molecule has 0 unspecified atom stereocenters. The van der Waals surface area contributed by atoms with E-state index in [2.05, 4.69) is 6.07 Å². The number of anilines is 1. The van der Waals surface area contributed by atoms with E-state index in [1.54, 1.807) is 7.11 Å². The molecule has 0 saturated carbocycles. The summed E-state index contributed by atoms with van der Waals surface area (Å²) in [5.41, 5.74) is 2.24. The molecule has 1 fully saturated rings. The van der Waals surface area contributed by atoms with Gasteiger partial charge in [-0.2, -0.15) is 5.26 Å². The number of benzene rings is 2. The van der Waals surface area contributed by atoms with E-state index >= 15 is 0 Å². The summed E-state index contributed by atoms with van der Waals surface area (Å²) in [6.45, 7) is 0.275. The predicted molar refractivity (Wildman–Crippen MR) is 95.9 cm³/mol. The lowest BCUT2D eigenvalue weighted by atomic mass is 9.77. The summed E-state index contributed by atoms with van der Waals surface area (Å²) in [6, 6.07) is 17.4. The van der Waals surface area contributed by atoms with E-state index in [0.29, 0.717) is 17.2 Å². The van der Waals surface area contributed by atoms with Gasteiger partial charge in [-0.25, -0.2) is 0 Å². The second kappa shape index (κ2) is 5.78. The van der Waals surface area contributed by atoms with Crippen molar-refractivity contribution in [3.8, 4) is 17.6 Å². The predicted octanol–water partition coefficient (Wildman–Crippen LogP) is 3.17. The molecule has 0 N–H and O–H groups in total. The zero-order chi connectivity index (χ0) is 18.5. The third-order valence-electron chi connectivity index (χ3n) is 5.45. The maximum atomic E-state index is 12.4. The lowest BCUT2D eigenvalue weighted by Gasteiger charge is -2.39. The Hall–Kier alpha value is -3.46. The molecule has 3 atom stereocenters. The molecule has 2 aromatic rings. The Bertz CT molecular complexity index is 1010. The van der Waals surface area contributed by atoms with Gasteiger partial charge in [0.25, 0.3) is 0 Å². The van der Waals surface area contributed by atoms with Crippen LogP contribution in [0.4, 0.5) is 5.69 Å². The maximum absolute atomic E-state index is 12.4. The van der Waals surface area contributed by atoms with E-state index < -0.39 is 5.92 Å². The van der Waals surface area contributed by atoms with Crippen molar-refractivity contribution in [1.82, 2.24) is 0 Å². The van der Waals surface area contributed by atoms with Gasteiger partial charge >= 0.3 is 5.97 Å². The van der Waals surface area contributed by atoms with Gasteiger partial charge in [-0.05, 0) is 29.8 Å². The molecule has 0 aromatic heterocycles. The zero-order valence-electron chi connectivity index (χ0n) is 14.6. The molecule has 0 aliphatic carbocycles. The number of para-hydroxylation sites is 2. The third kappa shape index (κ3) is 2.15. The van der Waals surface area contributed by atoms with Crippen LogP contribution in [0.3, 0.4) is 0 Å². The first-order chi connectivity index (χ1) is 13.2. The zero-order valence-corrected chi connectivity index (χ0v) is 14.6.